The number of imidazole rings is 1. The molecule has 0 aliphatic heterocycles. The number of rotatable bonds is 6. The molecule has 0 saturated carbocycles. The lowest BCUT2D eigenvalue weighted by molar-refractivity contribution is 0.0959. The van der Waals surface area contributed by atoms with Crippen LogP contribution in [-0.4, -0.2) is 38.9 Å². The molecule has 0 saturated heterocycles. The topological polar surface area (TPSA) is 84.2 Å². The van der Waals surface area contributed by atoms with E-state index in [1.54, 1.807) is 29.9 Å². The second-order valence-electron chi connectivity index (χ2n) is 7.76. The maximum Gasteiger partial charge on any atom is 0.263 e. The second kappa shape index (κ2) is 8.79. The number of fused-ring (bicyclic) bond motifs is 2. The van der Waals surface area contributed by atoms with Gasteiger partial charge in [-0.25, -0.2) is 23.7 Å². The Kier molecular flexibility index (Phi) is 5.66. The summed E-state index contributed by atoms with van der Waals surface area (Å²) in [5, 5.41) is 6.73. The Morgan fingerprint density at radius 1 is 1.15 bits per heavy atom. The number of nitrogens with zero attached hydrogens (tertiary/aromatic N) is 4. The van der Waals surface area contributed by atoms with E-state index in [1.165, 1.54) is 17.7 Å². The molecule has 0 fully saturated rings. The van der Waals surface area contributed by atoms with Crippen LogP contribution in [0, 0.1) is 18.6 Å². The van der Waals surface area contributed by atoms with Crippen LogP contribution < -0.4 is 10.6 Å². The molecule has 0 bridgehead atoms. The minimum Gasteiger partial charge on any atom is -0.386 e. The number of hydrogen-bond donors (Lipinski definition) is 2. The van der Waals surface area contributed by atoms with E-state index in [9.17, 15) is 13.6 Å². The highest BCUT2D eigenvalue weighted by Gasteiger charge is 2.19. The number of thiophene rings is 1. The van der Waals surface area contributed by atoms with Gasteiger partial charge in [0.1, 0.15) is 33.3 Å². The highest BCUT2D eigenvalue weighted by Crippen LogP contribution is 2.34. The van der Waals surface area contributed by atoms with Crippen molar-refractivity contribution in [1.29, 1.82) is 0 Å². The van der Waals surface area contributed by atoms with Gasteiger partial charge in [0.25, 0.3) is 5.91 Å². The first-order valence-corrected chi connectivity index (χ1v) is 11.4. The van der Waals surface area contributed by atoms with Crippen molar-refractivity contribution in [3.8, 4) is 11.3 Å². The molecule has 2 N–H and O–H groups in total. The highest BCUT2D eigenvalue weighted by atomic mass is 32.1. The van der Waals surface area contributed by atoms with Crippen LogP contribution in [0.4, 0.5) is 14.5 Å². The zero-order valence-electron chi connectivity index (χ0n) is 18.4. The molecule has 172 valence electrons. The van der Waals surface area contributed by atoms with Crippen molar-refractivity contribution in [1.82, 2.24) is 24.7 Å². The molecule has 0 aliphatic rings. The summed E-state index contributed by atoms with van der Waals surface area (Å²) in [6, 6.07) is 7.70. The summed E-state index contributed by atoms with van der Waals surface area (Å²) in [6.45, 7) is 2.04. The van der Waals surface area contributed by atoms with Crippen LogP contribution in [0.3, 0.4) is 0 Å². The number of hydrogen-bond acceptors (Lipinski definition) is 6. The quantitative estimate of drug-likeness (QED) is 0.373. The SMILES string of the molecule is CNc1c(C(=O)NCCc2cc(F)c(-c3cc4nccn4cn3)cc2F)sc2nc(C)ccc12. The molecule has 1 amide bonds. The summed E-state index contributed by atoms with van der Waals surface area (Å²) in [4.78, 5) is 26.9. The Balaban J connectivity index is 1.31. The summed E-state index contributed by atoms with van der Waals surface area (Å²) in [7, 11) is 1.75. The average molecular weight is 479 g/mol. The van der Waals surface area contributed by atoms with Crippen LogP contribution in [0.2, 0.25) is 0 Å². The number of aromatic nitrogens is 4. The third-order valence-corrected chi connectivity index (χ3v) is 6.63. The highest BCUT2D eigenvalue weighted by molar-refractivity contribution is 7.21. The molecule has 0 unspecified atom stereocenters. The number of carbonyl (C=O) groups excluding carboxylic acids is 1. The first-order valence-electron chi connectivity index (χ1n) is 10.6. The fourth-order valence-corrected chi connectivity index (χ4v) is 4.95. The lowest BCUT2D eigenvalue weighted by Crippen LogP contribution is -2.25. The van der Waals surface area contributed by atoms with E-state index in [0.717, 1.165) is 28.0 Å². The van der Waals surface area contributed by atoms with Gasteiger partial charge in [-0.15, -0.1) is 11.3 Å². The maximum absolute atomic E-state index is 14.8. The van der Waals surface area contributed by atoms with Gasteiger partial charge in [-0.1, -0.05) is 0 Å². The molecular weight excluding hydrogens is 458 g/mol. The lowest BCUT2D eigenvalue weighted by atomic mass is 10.0. The van der Waals surface area contributed by atoms with Gasteiger partial charge in [0.15, 0.2) is 0 Å². The first-order chi connectivity index (χ1) is 16.4. The summed E-state index contributed by atoms with van der Waals surface area (Å²) < 4.78 is 31.3. The number of carbonyl (C=O) groups is 1. The van der Waals surface area contributed by atoms with Crippen molar-refractivity contribution >= 4 is 38.8 Å². The smallest absolute Gasteiger partial charge is 0.263 e. The molecule has 0 spiro atoms. The van der Waals surface area contributed by atoms with Crippen molar-refractivity contribution in [2.24, 2.45) is 0 Å². The molecule has 4 aromatic heterocycles. The van der Waals surface area contributed by atoms with Crippen LogP contribution in [0.25, 0.3) is 27.1 Å². The van der Waals surface area contributed by atoms with Crippen molar-refractivity contribution in [2.45, 2.75) is 13.3 Å². The zero-order chi connectivity index (χ0) is 23.8. The van der Waals surface area contributed by atoms with E-state index >= 15 is 0 Å². The number of anilines is 1. The van der Waals surface area contributed by atoms with Crippen molar-refractivity contribution < 1.29 is 13.6 Å². The Morgan fingerprint density at radius 3 is 2.82 bits per heavy atom. The van der Waals surface area contributed by atoms with Crippen LogP contribution in [0.5, 0.6) is 0 Å². The standard InChI is InChI=1S/C24H20F2N6OS/c1-13-3-4-15-21(27-2)22(34-24(15)31-13)23(33)29-6-5-14-9-18(26)16(10-17(14)25)19-11-20-28-7-8-32(20)12-30-19/h3-4,7-12,27H,5-6H2,1-2H3,(H,29,33). The van der Waals surface area contributed by atoms with E-state index in [0.29, 0.717) is 21.9 Å². The number of amides is 1. The lowest BCUT2D eigenvalue weighted by Gasteiger charge is -2.10. The third kappa shape index (κ3) is 3.96. The fraction of sp³-hybridized carbons (Fsp3) is 0.167. The predicted molar refractivity (Wildman–Crippen MR) is 128 cm³/mol. The van der Waals surface area contributed by atoms with E-state index in [-0.39, 0.29) is 30.0 Å². The number of nitrogens with one attached hydrogen (secondary N) is 2. The molecule has 5 rings (SSSR count). The summed E-state index contributed by atoms with van der Waals surface area (Å²) in [6.07, 6.45) is 4.96. The van der Waals surface area contributed by atoms with Crippen LogP contribution in [-0.2, 0) is 6.42 Å². The summed E-state index contributed by atoms with van der Waals surface area (Å²) in [5.41, 5.74) is 2.68. The predicted octanol–water partition coefficient (Wildman–Crippen LogP) is 4.61. The largest absolute Gasteiger partial charge is 0.386 e. The van der Waals surface area contributed by atoms with Gasteiger partial charge < -0.3 is 10.6 Å². The van der Waals surface area contributed by atoms with Crippen molar-refractivity contribution in [3.05, 3.63) is 76.8 Å². The van der Waals surface area contributed by atoms with E-state index in [2.05, 4.69) is 25.6 Å². The average Bonchev–Trinajstić information content (AvgIpc) is 3.44. The monoisotopic (exact) mass is 478 g/mol. The number of pyridine rings is 1. The molecule has 34 heavy (non-hydrogen) atoms. The Labute approximate surface area is 197 Å². The second-order valence-corrected chi connectivity index (χ2v) is 8.76. The van der Waals surface area contributed by atoms with Gasteiger partial charge in [-0.3, -0.25) is 9.20 Å². The van der Waals surface area contributed by atoms with Crippen LogP contribution in [0.15, 0.2) is 49.1 Å². The molecule has 1 aromatic carbocycles. The Bertz CT molecular complexity index is 1540. The number of aryl methyl sites for hydroxylation is 1. The van der Waals surface area contributed by atoms with E-state index in [1.807, 2.05) is 19.1 Å². The molecule has 7 nitrogen and oxygen atoms in total. The normalized spacial score (nSPS) is 11.3. The van der Waals surface area contributed by atoms with Gasteiger partial charge in [0, 0.05) is 48.7 Å². The van der Waals surface area contributed by atoms with Gasteiger partial charge in [-0.2, -0.15) is 0 Å². The summed E-state index contributed by atoms with van der Waals surface area (Å²) >= 11 is 1.29. The summed E-state index contributed by atoms with van der Waals surface area (Å²) in [5.74, 6) is -1.44. The number of halogens is 2. The Morgan fingerprint density at radius 2 is 2.00 bits per heavy atom. The third-order valence-electron chi connectivity index (χ3n) is 5.53. The van der Waals surface area contributed by atoms with Gasteiger partial charge in [0.2, 0.25) is 0 Å². The fourth-order valence-electron chi connectivity index (χ4n) is 3.81. The molecule has 10 heteroatoms. The minimum absolute atomic E-state index is 0.0579. The minimum atomic E-state index is -0.588. The maximum atomic E-state index is 14.8. The molecule has 0 atom stereocenters. The van der Waals surface area contributed by atoms with Gasteiger partial charge in [-0.05, 0) is 43.2 Å². The molecule has 0 aliphatic carbocycles. The number of benzene rings is 1. The van der Waals surface area contributed by atoms with Crippen LogP contribution >= 0.6 is 11.3 Å². The van der Waals surface area contributed by atoms with E-state index in [4.69, 9.17) is 0 Å². The van der Waals surface area contributed by atoms with Crippen molar-refractivity contribution in [3.63, 3.8) is 0 Å². The van der Waals surface area contributed by atoms with Gasteiger partial charge in [0.05, 0.1) is 11.4 Å². The molecule has 4 heterocycles. The molecule has 5 aromatic rings. The van der Waals surface area contributed by atoms with Crippen LogP contribution in [0.1, 0.15) is 20.9 Å². The van der Waals surface area contributed by atoms with Crippen molar-refractivity contribution in [2.75, 3.05) is 18.9 Å². The zero-order valence-corrected chi connectivity index (χ0v) is 19.2. The first kappa shape index (κ1) is 21.9. The Hall–Kier alpha value is -3.92. The van der Waals surface area contributed by atoms with Gasteiger partial charge >= 0.3 is 0 Å². The molecular formula is C24H20F2N6OS. The van der Waals surface area contributed by atoms with E-state index < -0.39 is 11.6 Å². The molecule has 0 radical (unpaired) electrons.